The zero-order valence-corrected chi connectivity index (χ0v) is 16.0. The van der Waals surface area contributed by atoms with Crippen LogP contribution >= 0.6 is 11.3 Å². The molecular formula is C20H20N2O4S. The molecule has 7 heteroatoms. The van der Waals surface area contributed by atoms with Crippen molar-refractivity contribution < 1.29 is 19.0 Å². The highest BCUT2D eigenvalue weighted by Gasteiger charge is 2.18. The average Bonchev–Trinajstić information content (AvgIpc) is 3.02. The van der Waals surface area contributed by atoms with Crippen LogP contribution in [0.4, 0.5) is 0 Å². The fourth-order valence-electron chi connectivity index (χ4n) is 2.94. The number of carbonyl (C=O) groups excluding carboxylic acids is 1. The predicted molar refractivity (Wildman–Crippen MR) is 104 cm³/mol. The molecule has 6 nitrogen and oxygen atoms in total. The van der Waals surface area contributed by atoms with Crippen LogP contribution in [0, 0.1) is 0 Å². The number of amides is 1. The van der Waals surface area contributed by atoms with E-state index in [2.05, 4.69) is 4.99 Å². The zero-order valence-electron chi connectivity index (χ0n) is 15.2. The lowest BCUT2D eigenvalue weighted by Crippen LogP contribution is -2.25. The molecule has 0 radical (unpaired) electrons. The number of rotatable bonds is 4. The van der Waals surface area contributed by atoms with Crippen LogP contribution in [0.1, 0.15) is 13.8 Å². The molecule has 2 heterocycles. The fraction of sp³-hybridized carbons (Fsp3) is 0.300. The van der Waals surface area contributed by atoms with Crippen LogP contribution < -0.4 is 19.0 Å². The monoisotopic (exact) mass is 384 g/mol. The van der Waals surface area contributed by atoms with Crippen LogP contribution in [-0.2, 0) is 11.3 Å². The Bertz CT molecular complexity index is 1040. The van der Waals surface area contributed by atoms with E-state index in [1.807, 2.05) is 54.0 Å². The highest BCUT2D eigenvalue weighted by molar-refractivity contribution is 7.16. The van der Waals surface area contributed by atoms with Crippen LogP contribution in [0.15, 0.2) is 47.5 Å². The van der Waals surface area contributed by atoms with E-state index in [1.54, 1.807) is 6.92 Å². The molecule has 0 fully saturated rings. The molecule has 27 heavy (non-hydrogen) atoms. The maximum absolute atomic E-state index is 12.6. The molecule has 1 amide bonds. The second-order valence-corrected chi connectivity index (χ2v) is 7.12. The molecule has 3 aromatic rings. The van der Waals surface area contributed by atoms with Gasteiger partial charge in [0.05, 0.1) is 10.2 Å². The van der Waals surface area contributed by atoms with E-state index in [0.717, 1.165) is 21.7 Å². The second kappa shape index (κ2) is 7.44. The normalized spacial score (nSPS) is 15.0. The molecule has 0 aliphatic carbocycles. The first-order valence-corrected chi connectivity index (χ1v) is 9.70. The average molecular weight is 384 g/mol. The van der Waals surface area contributed by atoms with Crippen molar-refractivity contribution in [2.75, 3.05) is 13.2 Å². The summed E-state index contributed by atoms with van der Waals surface area (Å²) in [5.74, 6) is 1.80. The molecule has 0 bridgehead atoms. The summed E-state index contributed by atoms with van der Waals surface area (Å²) in [6.07, 6.45) is -0.664. The molecule has 0 saturated carbocycles. The fourth-order valence-corrected chi connectivity index (χ4v) is 4.05. The third kappa shape index (κ3) is 3.55. The summed E-state index contributed by atoms with van der Waals surface area (Å²) in [6.45, 7) is 5.51. The van der Waals surface area contributed by atoms with Gasteiger partial charge in [-0.25, -0.2) is 0 Å². The van der Waals surface area contributed by atoms with E-state index < -0.39 is 6.10 Å². The van der Waals surface area contributed by atoms with Crippen molar-refractivity contribution >= 4 is 27.5 Å². The topological polar surface area (TPSA) is 62.1 Å². The number of carbonyl (C=O) groups is 1. The molecule has 0 spiro atoms. The first-order chi connectivity index (χ1) is 13.2. The van der Waals surface area contributed by atoms with Crippen LogP contribution in [-0.4, -0.2) is 29.8 Å². The van der Waals surface area contributed by atoms with E-state index >= 15 is 0 Å². The zero-order chi connectivity index (χ0) is 18.8. The van der Waals surface area contributed by atoms with Crippen molar-refractivity contribution in [2.24, 2.45) is 4.99 Å². The van der Waals surface area contributed by atoms with Gasteiger partial charge in [-0.2, -0.15) is 4.99 Å². The maximum Gasteiger partial charge on any atom is 0.289 e. The van der Waals surface area contributed by atoms with Gasteiger partial charge in [-0.3, -0.25) is 4.79 Å². The van der Waals surface area contributed by atoms with Gasteiger partial charge in [-0.05, 0) is 26.0 Å². The van der Waals surface area contributed by atoms with E-state index in [-0.39, 0.29) is 5.91 Å². The minimum absolute atomic E-state index is 0.315. The smallest absolute Gasteiger partial charge is 0.289 e. The molecule has 140 valence electrons. The van der Waals surface area contributed by atoms with E-state index in [1.165, 1.54) is 11.3 Å². The lowest BCUT2D eigenvalue weighted by atomic mass is 10.2. The number of thiazole rings is 1. The van der Waals surface area contributed by atoms with Crippen molar-refractivity contribution in [1.29, 1.82) is 0 Å². The number of aromatic nitrogens is 1. The number of nitrogens with zero attached hydrogens (tertiary/aromatic N) is 2. The van der Waals surface area contributed by atoms with Crippen molar-refractivity contribution in [1.82, 2.24) is 4.57 Å². The largest absolute Gasteiger partial charge is 0.486 e. The first-order valence-electron chi connectivity index (χ1n) is 8.89. The Kier molecular flexibility index (Phi) is 4.85. The van der Waals surface area contributed by atoms with Gasteiger partial charge < -0.3 is 18.8 Å². The Morgan fingerprint density at radius 2 is 1.93 bits per heavy atom. The molecule has 4 rings (SSSR count). The van der Waals surface area contributed by atoms with Gasteiger partial charge in [-0.15, -0.1) is 0 Å². The summed E-state index contributed by atoms with van der Waals surface area (Å²) in [5, 5.41) is 0. The number of benzene rings is 2. The number of hydrogen-bond donors (Lipinski definition) is 0. The van der Waals surface area contributed by atoms with Crippen LogP contribution in [0.25, 0.3) is 10.2 Å². The van der Waals surface area contributed by atoms with E-state index in [0.29, 0.717) is 30.3 Å². The number of hydrogen-bond acceptors (Lipinski definition) is 5. The highest BCUT2D eigenvalue weighted by Crippen LogP contribution is 2.35. The third-order valence-electron chi connectivity index (χ3n) is 4.27. The number of aryl methyl sites for hydroxylation is 1. The molecule has 0 saturated heterocycles. The summed E-state index contributed by atoms with van der Waals surface area (Å²) < 4.78 is 20.0. The summed E-state index contributed by atoms with van der Waals surface area (Å²) in [4.78, 5) is 17.5. The molecular weight excluding hydrogens is 364 g/mol. The predicted octanol–water partition coefficient (Wildman–Crippen LogP) is 3.39. The molecule has 1 aliphatic heterocycles. The van der Waals surface area contributed by atoms with Gasteiger partial charge in [0.25, 0.3) is 5.91 Å². The summed E-state index contributed by atoms with van der Waals surface area (Å²) in [6, 6.07) is 13.2. The Balaban J connectivity index is 1.68. The summed E-state index contributed by atoms with van der Waals surface area (Å²) >= 11 is 1.46. The van der Waals surface area contributed by atoms with Gasteiger partial charge in [0.15, 0.2) is 22.4 Å². The van der Waals surface area contributed by atoms with Gasteiger partial charge in [0.2, 0.25) is 0 Å². The lowest BCUT2D eigenvalue weighted by Gasteiger charge is -2.18. The summed E-state index contributed by atoms with van der Waals surface area (Å²) in [7, 11) is 0. The van der Waals surface area contributed by atoms with Crippen molar-refractivity contribution in [3.8, 4) is 17.2 Å². The Hall–Kier alpha value is -2.80. The number of fused-ring (bicyclic) bond motifs is 2. The standard InChI is InChI=1S/C20H20N2O4S/c1-3-22-15-11-16-17(25-10-9-24-16)12-18(15)27-20(22)21-19(23)13(2)26-14-7-5-4-6-8-14/h4-8,11-13H,3,9-10H2,1-2H3. The van der Waals surface area contributed by atoms with Crippen molar-refractivity contribution in [2.45, 2.75) is 26.5 Å². The van der Waals surface area contributed by atoms with Crippen LogP contribution in [0.3, 0.4) is 0 Å². The van der Waals surface area contributed by atoms with Crippen LogP contribution in [0.5, 0.6) is 17.2 Å². The Labute approximate surface area is 160 Å². The Morgan fingerprint density at radius 1 is 1.22 bits per heavy atom. The molecule has 1 aliphatic rings. The minimum atomic E-state index is -0.664. The first kappa shape index (κ1) is 17.6. The van der Waals surface area contributed by atoms with Crippen molar-refractivity contribution in [3.63, 3.8) is 0 Å². The number of para-hydroxylation sites is 1. The quantitative estimate of drug-likeness (QED) is 0.692. The molecule has 1 aromatic heterocycles. The summed E-state index contributed by atoms with van der Waals surface area (Å²) in [5.41, 5.74) is 0.981. The molecule has 1 atom stereocenters. The third-order valence-corrected chi connectivity index (χ3v) is 5.31. The van der Waals surface area contributed by atoms with E-state index in [4.69, 9.17) is 14.2 Å². The van der Waals surface area contributed by atoms with E-state index in [9.17, 15) is 4.79 Å². The van der Waals surface area contributed by atoms with Crippen molar-refractivity contribution in [3.05, 3.63) is 47.3 Å². The molecule has 2 aromatic carbocycles. The maximum atomic E-state index is 12.6. The molecule has 1 unspecified atom stereocenters. The minimum Gasteiger partial charge on any atom is -0.486 e. The highest BCUT2D eigenvalue weighted by atomic mass is 32.1. The lowest BCUT2D eigenvalue weighted by molar-refractivity contribution is -0.124. The van der Waals surface area contributed by atoms with Gasteiger partial charge in [0.1, 0.15) is 19.0 Å². The second-order valence-electron chi connectivity index (χ2n) is 6.12. The van der Waals surface area contributed by atoms with Gasteiger partial charge in [0, 0.05) is 18.7 Å². The molecule has 0 N–H and O–H groups in total. The van der Waals surface area contributed by atoms with Gasteiger partial charge in [-0.1, -0.05) is 29.5 Å². The SMILES string of the molecule is CCn1c(=NC(=O)C(C)Oc2ccccc2)sc2cc3c(cc21)OCCO3. The number of ether oxygens (including phenoxy) is 3. The Morgan fingerprint density at radius 3 is 2.63 bits per heavy atom. The van der Waals surface area contributed by atoms with Gasteiger partial charge >= 0.3 is 0 Å². The van der Waals surface area contributed by atoms with Crippen LogP contribution in [0.2, 0.25) is 0 Å².